The molecule has 20 heavy (non-hydrogen) atoms. The van der Waals surface area contributed by atoms with Crippen LogP contribution in [-0.4, -0.2) is 51.7 Å². The Hall–Kier alpha value is -1.97. The smallest absolute Gasteiger partial charge is 0.351 e. The molecule has 0 saturated carbocycles. The first-order chi connectivity index (χ1) is 9.55. The van der Waals surface area contributed by atoms with Gasteiger partial charge in [0, 0.05) is 19.7 Å². The Kier molecular flexibility index (Phi) is 4.32. The fraction of sp³-hybridized carbons (Fsp3) is 0.545. The third kappa shape index (κ3) is 2.95. The van der Waals surface area contributed by atoms with Crippen molar-refractivity contribution in [1.82, 2.24) is 14.9 Å². The number of carbonyl (C=O) groups is 1. The van der Waals surface area contributed by atoms with Crippen LogP contribution in [0.5, 0.6) is 0 Å². The second kappa shape index (κ2) is 5.99. The van der Waals surface area contributed by atoms with Gasteiger partial charge >= 0.3 is 11.7 Å². The summed E-state index contributed by atoms with van der Waals surface area (Å²) in [6, 6.07) is 0.959. The Balaban J connectivity index is 2.15. The molecule has 2 rings (SSSR count). The van der Waals surface area contributed by atoms with Crippen LogP contribution in [0.15, 0.2) is 17.1 Å². The number of hydrogen-bond acceptors (Lipinski definition) is 6. The van der Waals surface area contributed by atoms with Crippen LogP contribution in [0.2, 0.25) is 0 Å². The molecular weight excluding hydrogens is 268 g/mol. The van der Waals surface area contributed by atoms with E-state index in [4.69, 9.17) is 9.84 Å². The average molecular weight is 284 g/mol. The van der Waals surface area contributed by atoms with E-state index >= 15 is 0 Å². The van der Waals surface area contributed by atoms with E-state index in [0.29, 0.717) is 0 Å². The molecule has 1 aliphatic rings. The predicted molar refractivity (Wildman–Crippen MR) is 68.2 cm³/mol. The van der Waals surface area contributed by atoms with Gasteiger partial charge in [0.15, 0.2) is 0 Å². The van der Waals surface area contributed by atoms with E-state index in [1.165, 1.54) is 23.9 Å². The summed E-state index contributed by atoms with van der Waals surface area (Å²) in [7, 11) is 1.44. The van der Waals surface area contributed by atoms with Gasteiger partial charge in [0.05, 0.1) is 12.7 Å². The third-order valence-electron chi connectivity index (χ3n) is 2.99. The molecule has 0 unspecified atom stereocenters. The number of nitrogens with one attached hydrogen (secondary N) is 2. The van der Waals surface area contributed by atoms with Crippen molar-refractivity contribution in [1.29, 1.82) is 0 Å². The minimum absolute atomic E-state index is 0.114. The predicted octanol–water partition coefficient (Wildman–Crippen LogP) is -1.36. The fourth-order valence-electron chi connectivity index (χ4n) is 1.93. The quantitative estimate of drug-likeness (QED) is 0.543. The number of aliphatic hydroxyl groups excluding tert-OH is 2. The van der Waals surface area contributed by atoms with E-state index in [-0.39, 0.29) is 18.8 Å². The number of aliphatic hydroxyl groups is 2. The van der Waals surface area contributed by atoms with E-state index in [0.717, 1.165) is 0 Å². The van der Waals surface area contributed by atoms with Crippen molar-refractivity contribution in [2.24, 2.45) is 0 Å². The summed E-state index contributed by atoms with van der Waals surface area (Å²) in [6.45, 7) is -0.323. The van der Waals surface area contributed by atoms with Crippen molar-refractivity contribution in [2.75, 3.05) is 19.0 Å². The molecule has 9 nitrogen and oxygen atoms in total. The van der Waals surface area contributed by atoms with Crippen molar-refractivity contribution < 1.29 is 19.7 Å². The number of carbonyl (C=O) groups excluding carboxylic acids is 1. The zero-order valence-corrected chi connectivity index (χ0v) is 10.8. The van der Waals surface area contributed by atoms with Crippen LogP contribution >= 0.6 is 0 Å². The zero-order chi connectivity index (χ0) is 14.7. The molecule has 0 aromatic carbocycles. The van der Waals surface area contributed by atoms with Gasteiger partial charge in [-0.3, -0.25) is 9.88 Å². The highest BCUT2D eigenvalue weighted by Crippen LogP contribution is 2.27. The molecule has 0 spiro atoms. The lowest BCUT2D eigenvalue weighted by molar-refractivity contribution is -0.0458. The van der Waals surface area contributed by atoms with Gasteiger partial charge < -0.3 is 20.3 Å². The highest BCUT2D eigenvalue weighted by Gasteiger charge is 2.34. The molecule has 1 aromatic rings. The molecule has 9 heteroatoms. The number of aromatic nitrogens is 2. The molecule has 4 N–H and O–H groups in total. The number of amides is 2. The second-order valence-electron chi connectivity index (χ2n) is 4.32. The second-order valence-corrected chi connectivity index (χ2v) is 4.32. The number of anilines is 1. The van der Waals surface area contributed by atoms with E-state index in [1.807, 2.05) is 0 Å². The van der Waals surface area contributed by atoms with E-state index in [1.54, 1.807) is 0 Å². The maximum absolute atomic E-state index is 11.9. The van der Waals surface area contributed by atoms with Gasteiger partial charge in [-0.1, -0.05) is 0 Å². The Morgan fingerprint density at radius 2 is 2.40 bits per heavy atom. The average Bonchev–Trinajstić information content (AvgIpc) is 2.79. The molecule has 1 aliphatic heterocycles. The first-order valence-corrected chi connectivity index (χ1v) is 6.07. The highest BCUT2D eigenvalue weighted by atomic mass is 16.5. The Morgan fingerprint density at radius 1 is 1.65 bits per heavy atom. The van der Waals surface area contributed by atoms with Crippen molar-refractivity contribution >= 4 is 11.8 Å². The minimum atomic E-state index is -0.833. The summed E-state index contributed by atoms with van der Waals surface area (Å²) in [5.41, 5.74) is -0.616. The third-order valence-corrected chi connectivity index (χ3v) is 2.99. The Labute approximate surface area is 114 Å². The molecule has 0 aliphatic carbocycles. The van der Waals surface area contributed by atoms with Crippen LogP contribution < -0.4 is 16.3 Å². The molecular formula is C11H16N4O5. The SMILES string of the molecule is CNC(=O)Nc1ccn([C@H]2C[C@H](O)[C@@H](CO)O2)c(=O)n1. The van der Waals surface area contributed by atoms with E-state index in [9.17, 15) is 14.7 Å². The lowest BCUT2D eigenvalue weighted by atomic mass is 10.2. The number of rotatable bonds is 3. The number of ether oxygens (including phenoxy) is 1. The fourth-order valence-corrected chi connectivity index (χ4v) is 1.93. The topological polar surface area (TPSA) is 126 Å². The monoisotopic (exact) mass is 284 g/mol. The molecule has 2 heterocycles. The Bertz CT molecular complexity index is 546. The van der Waals surface area contributed by atoms with Crippen LogP contribution in [0, 0.1) is 0 Å². The van der Waals surface area contributed by atoms with Gasteiger partial charge in [-0.15, -0.1) is 0 Å². The molecule has 110 valence electrons. The van der Waals surface area contributed by atoms with Crippen molar-refractivity contribution in [3.05, 3.63) is 22.7 Å². The van der Waals surface area contributed by atoms with Gasteiger partial charge in [0.25, 0.3) is 0 Å². The zero-order valence-electron chi connectivity index (χ0n) is 10.8. The summed E-state index contributed by atoms with van der Waals surface area (Å²) >= 11 is 0. The minimum Gasteiger partial charge on any atom is -0.394 e. The lowest BCUT2D eigenvalue weighted by Gasteiger charge is -2.14. The van der Waals surface area contributed by atoms with Gasteiger partial charge in [-0.25, -0.2) is 9.59 Å². The molecule has 0 radical (unpaired) electrons. The molecule has 0 bridgehead atoms. The van der Waals surface area contributed by atoms with Crippen LogP contribution in [-0.2, 0) is 4.74 Å². The van der Waals surface area contributed by atoms with Crippen molar-refractivity contribution in [3.8, 4) is 0 Å². The summed E-state index contributed by atoms with van der Waals surface area (Å²) < 4.78 is 6.56. The Morgan fingerprint density at radius 3 is 2.95 bits per heavy atom. The molecule has 1 aromatic heterocycles. The van der Waals surface area contributed by atoms with E-state index in [2.05, 4.69) is 15.6 Å². The molecule has 1 fully saturated rings. The number of urea groups is 1. The van der Waals surface area contributed by atoms with Gasteiger partial charge in [0.1, 0.15) is 18.1 Å². The number of nitrogens with zero attached hydrogens (tertiary/aromatic N) is 2. The van der Waals surface area contributed by atoms with Gasteiger partial charge in [-0.2, -0.15) is 4.98 Å². The van der Waals surface area contributed by atoms with Gasteiger partial charge in [-0.05, 0) is 6.07 Å². The van der Waals surface area contributed by atoms with Crippen molar-refractivity contribution in [2.45, 2.75) is 24.9 Å². The number of hydrogen-bond donors (Lipinski definition) is 4. The summed E-state index contributed by atoms with van der Waals surface area (Å²) in [5, 5.41) is 23.3. The lowest BCUT2D eigenvalue weighted by Crippen LogP contribution is -2.30. The molecule has 2 amide bonds. The maximum atomic E-state index is 11.9. The van der Waals surface area contributed by atoms with Crippen LogP contribution in [0.1, 0.15) is 12.6 Å². The van der Waals surface area contributed by atoms with Crippen LogP contribution in [0.25, 0.3) is 0 Å². The first-order valence-electron chi connectivity index (χ1n) is 6.07. The standard InChI is InChI=1S/C11H16N4O5/c1-12-10(18)13-8-2-3-15(11(19)14-8)9-4-6(17)7(5-16)20-9/h2-3,6-7,9,16-17H,4-5H2,1H3,(H2,12,13,14,18,19)/t6-,7+,9+/m0/s1. The highest BCUT2D eigenvalue weighted by molar-refractivity contribution is 5.87. The molecule has 1 saturated heterocycles. The largest absolute Gasteiger partial charge is 0.394 e. The van der Waals surface area contributed by atoms with E-state index < -0.39 is 30.2 Å². The summed E-state index contributed by atoms with van der Waals surface area (Å²) in [5.74, 6) is 0.114. The summed E-state index contributed by atoms with van der Waals surface area (Å²) in [6.07, 6.45) is -0.625. The summed E-state index contributed by atoms with van der Waals surface area (Å²) in [4.78, 5) is 26.6. The van der Waals surface area contributed by atoms with Crippen LogP contribution in [0.4, 0.5) is 10.6 Å². The van der Waals surface area contributed by atoms with Crippen LogP contribution in [0.3, 0.4) is 0 Å². The van der Waals surface area contributed by atoms with Gasteiger partial charge in [0.2, 0.25) is 0 Å². The molecule has 3 atom stereocenters. The first kappa shape index (κ1) is 14.4. The van der Waals surface area contributed by atoms with Crippen molar-refractivity contribution in [3.63, 3.8) is 0 Å². The normalized spacial score (nSPS) is 25.4. The maximum Gasteiger partial charge on any atom is 0.351 e.